The predicted molar refractivity (Wildman–Crippen MR) is 88.1 cm³/mol. The monoisotopic (exact) mass is 320 g/mol. The summed E-state index contributed by atoms with van der Waals surface area (Å²) in [7, 11) is -0.905. The zero-order chi connectivity index (χ0) is 14.8. The molecule has 1 aromatic heterocycles. The number of rotatable bonds is 6. The SMILES string of the molecule is C[C@H](NCc1ccc([S@](C)=O)cc1)c1csc(C2CC2)n1. The molecule has 112 valence electrons. The summed E-state index contributed by atoms with van der Waals surface area (Å²) in [6, 6.07) is 8.20. The van der Waals surface area contributed by atoms with Crippen molar-refractivity contribution in [3.8, 4) is 0 Å². The second kappa shape index (κ2) is 6.38. The van der Waals surface area contributed by atoms with Crippen LogP contribution in [0.1, 0.15) is 48.0 Å². The molecule has 3 rings (SSSR count). The lowest BCUT2D eigenvalue weighted by atomic mass is 10.2. The van der Waals surface area contributed by atoms with Crippen LogP contribution in [-0.4, -0.2) is 15.4 Å². The van der Waals surface area contributed by atoms with Crippen LogP contribution in [0, 0.1) is 0 Å². The quantitative estimate of drug-likeness (QED) is 0.884. The van der Waals surface area contributed by atoms with Gasteiger partial charge in [-0.05, 0) is 37.5 Å². The molecule has 0 radical (unpaired) electrons. The van der Waals surface area contributed by atoms with Crippen molar-refractivity contribution in [3.63, 3.8) is 0 Å². The third-order valence-electron chi connectivity index (χ3n) is 3.78. The summed E-state index contributed by atoms with van der Waals surface area (Å²) in [5.74, 6) is 0.735. The van der Waals surface area contributed by atoms with Crippen molar-refractivity contribution in [1.29, 1.82) is 0 Å². The Morgan fingerprint density at radius 2 is 2.10 bits per heavy atom. The lowest BCUT2D eigenvalue weighted by Gasteiger charge is -2.11. The van der Waals surface area contributed by atoms with Crippen LogP contribution in [0.25, 0.3) is 0 Å². The Kier molecular flexibility index (Phi) is 4.52. The fraction of sp³-hybridized carbons (Fsp3) is 0.438. The highest BCUT2D eigenvalue weighted by molar-refractivity contribution is 7.84. The zero-order valence-electron chi connectivity index (χ0n) is 12.3. The van der Waals surface area contributed by atoms with Crippen LogP contribution in [0.5, 0.6) is 0 Å². The summed E-state index contributed by atoms with van der Waals surface area (Å²) >= 11 is 1.79. The highest BCUT2D eigenvalue weighted by Crippen LogP contribution is 2.41. The molecular weight excluding hydrogens is 300 g/mol. The van der Waals surface area contributed by atoms with Crippen LogP contribution in [-0.2, 0) is 17.3 Å². The van der Waals surface area contributed by atoms with Gasteiger partial charge in [0, 0.05) is 45.8 Å². The van der Waals surface area contributed by atoms with E-state index in [0.717, 1.165) is 23.1 Å². The van der Waals surface area contributed by atoms with E-state index in [9.17, 15) is 4.21 Å². The van der Waals surface area contributed by atoms with Crippen LogP contribution in [0.2, 0.25) is 0 Å². The average Bonchev–Trinajstić information content (AvgIpc) is 3.22. The lowest BCUT2D eigenvalue weighted by molar-refractivity contribution is 0.562. The maximum atomic E-state index is 11.4. The van der Waals surface area contributed by atoms with Gasteiger partial charge in [0.25, 0.3) is 0 Å². The molecule has 5 heteroatoms. The molecular formula is C16H20N2OS2. The van der Waals surface area contributed by atoms with Crippen molar-refractivity contribution < 1.29 is 4.21 Å². The molecule has 0 amide bonds. The van der Waals surface area contributed by atoms with Crippen molar-refractivity contribution in [2.24, 2.45) is 0 Å². The van der Waals surface area contributed by atoms with Crippen molar-refractivity contribution >= 4 is 22.1 Å². The van der Waals surface area contributed by atoms with Crippen LogP contribution in [0.3, 0.4) is 0 Å². The molecule has 0 aliphatic heterocycles. The van der Waals surface area contributed by atoms with Crippen molar-refractivity contribution in [2.45, 2.75) is 43.2 Å². The third-order valence-corrected chi connectivity index (χ3v) is 5.74. The number of thiazole rings is 1. The van der Waals surface area contributed by atoms with E-state index in [2.05, 4.69) is 17.6 Å². The first-order valence-electron chi connectivity index (χ1n) is 7.24. The van der Waals surface area contributed by atoms with Crippen LogP contribution < -0.4 is 5.32 Å². The van der Waals surface area contributed by atoms with Gasteiger partial charge in [-0.1, -0.05) is 12.1 Å². The highest BCUT2D eigenvalue weighted by Gasteiger charge is 2.27. The Balaban J connectivity index is 1.56. The number of nitrogens with zero attached hydrogens (tertiary/aromatic N) is 1. The van der Waals surface area contributed by atoms with E-state index in [0.29, 0.717) is 0 Å². The average molecular weight is 320 g/mol. The molecule has 1 aliphatic rings. The largest absolute Gasteiger partial charge is 0.305 e. The van der Waals surface area contributed by atoms with Gasteiger partial charge in [-0.15, -0.1) is 11.3 Å². The minimum absolute atomic E-state index is 0.258. The Morgan fingerprint density at radius 3 is 2.71 bits per heavy atom. The molecule has 0 bridgehead atoms. The maximum Gasteiger partial charge on any atom is 0.0959 e. The number of hydrogen-bond donors (Lipinski definition) is 1. The highest BCUT2D eigenvalue weighted by atomic mass is 32.2. The summed E-state index contributed by atoms with van der Waals surface area (Å²) in [5, 5.41) is 6.98. The number of aromatic nitrogens is 1. The van der Waals surface area contributed by atoms with Gasteiger partial charge >= 0.3 is 0 Å². The van der Waals surface area contributed by atoms with E-state index in [1.54, 1.807) is 17.6 Å². The molecule has 1 saturated carbocycles. The lowest BCUT2D eigenvalue weighted by Crippen LogP contribution is -2.18. The molecule has 1 aliphatic carbocycles. The van der Waals surface area contributed by atoms with Crippen molar-refractivity contribution in [2.75, 3.05) is 6.26 Å². The summed E-state index contributed by atoms with van der Waals surface area (Å²) in [6.07, 6.45) is 4.31. The summed E-state index contributed by atoms with van der Waals surface area (Å²) in [6.45, 7) is 2.95. The first kappa shape index (κ1) is 14.9. The topological polar surface area (TPSA) is 42.0 Å². The van der Waals surface area contributed by atoms with Gasteiger partial charge in [-0.3, -0.25) is 4.21 Å². The molecule has 21 heavy (non-hydrogen) atoms. The van der Waals surface area contributed by atoms with Gasteiger partial charge in [-0.25, -0.2) is 4.98 Å². The first-order chi connectivity index (χ1) is 10.1. The summed E-state index contributed by atoms with van der Waals surface area (Å²) < 4.78 is 11.4. The van der Waals surface area contributed by atoms with Crippen LogP contribution in [0.4, 0.5) is 0 Å². The van der Waals surface area contributed by atoms with Gasteiger partial charge in [0.15, 0.2) is 0 Å². The van der Waals surface area contributed by atoms with Crippen LogP contribution >= 0.6 is 11.3 Å². The van der Waals surface area contributed by atoms with E-state index in [1.807, 2.05) is 24.3 Å². The van der Waals surface area contributed by atoms with E-state index in [-0.39, 0.29) is 6.04 Å². The third kappa shape index (κ3) is 3.78. The molecule has 2 atom stereocenters. The molecule has 0 unspecified atom stereocenters. The number of nitrogens with one attached hydrogen (secondary N) is 1. The Hall–Kier alpha value is -1.04. The molecule has 1 aromatic carbocycles. The molecule has 2 aromatic rings. The van der Waals surface area contributed by atoms with Gasteiger partial charge in [0.1, 0.15) is 0 Å². The number of hydrogen-bond acceptors (Lipinski definition) is 4. The fourth-order valence-electron chi connectivity index (χ4n) is 2.19. The number of benzene rings is 1. The molecule has 1 fully saturated rings. The molecule has 0 saturated heterocycles. The van der Waals surface area contributed by atoms with Crippen molar-refractivity contribution in [1.82, 2.24) is 10.3 Å². The zero-order valence-corrected chi connectivity index (χ0v) is 14.0. The smallest absolute Gasteiger partial charge is 0.0959 e. The maximum absolute atomic E-state index is 11.4. The van der Waals surface area contributed by atoms with Crippen molar-refractivity contribution in [3.05, 3.63) is 45.9 Å². The van der Waals surface area contributed by atoms with Crippen LogP contribution in [0.15, 0.2) is 34.5 Å². The van der Waals surface area contributed by atoms with Gasteiger partial charge in [-0.2, -0.15) is 0 Å². The summed E-state index contributed by atoms with van der Waals surface area (Å²) in [5.41, 5.74) is 2.35. The Bertz CT molecular complexity index is 632. The minimum atomic E-state index is -0.905. The second-order valence-electron chi connectivity index (χ2n) is 5.59. The van der Waals surface area contributed by atoms with Gasteiger partial charge in [0.2, 0.25) is 0 Å². The Labute approximate surface area is 132 Å². The predicted octanol–water partition coefficient (Wildman–Crippen LogP) is 3.61. The van der Waals surface area contributed by atoms with E-state index >= 15 is 0 Å². The molecule has 1 N–H and O–H groups in total. The normalized spacial score (nSPS) is 17.6. The second-order valence-corrected chi connectivity index (χ2v) is 7.85. The standard InChI is InChI=1S/C16H20N2OS2/c1-11(15-10-20-16(18-15)13-5-6-13)17-9-12-3-7-14(8-4-12)21(2)19/h3-4,7-8,10-11,13,17H,5-6,9H2,1-2H3/t11-,21-/m0/s1. The first-order valence-corrected chi connectivity index (χ1v) is 9.68. The minimum Gasteiger partial charge on any atom is -0.305 e. The van der Waals surface area contributed by atoms with E-state index < -0.39 is 10.8 Å². The van der Waals surface area contributed by atoms with Gasteiger partial charge < -0.3 is 5.32 Å². The van der Waals surface area contributed by atoms with E-state index in [1.165, 1.54) is 23.4 Å². The molecule has 0 spiro atoms. The molecule has 3 nitrogen and oxygen atoms in total. The molecule has 1 heterocycles. The Morgan fingerprint density at radius 1 is 1.38 bits per heavy atom. The van der Waals surface area contributed by atoms with E-state index in [4.69, 9.17) is 4.98 Å². The fourth-order valence-corrected chi connectivity index (χ4v) is 3.80. The van der Waals surface area contributed by atoms with Gasteiger partial charge in [0.05, 0.1) is 10.7 Å². The summed E-state index contributed by atoms with van der Waals surface area (Å²) in [4.78, 5) is 5.61.